The molecule has 1 rings (SSSR count). The van der Waals surface area contributed by atoms with E-state index in [2.05, 4.69) is 31.7 Å². The summed E-state index contributed by atoms with van der Waals surface area (Å²) >= 11 is 0. The highest BCUT2D eigenvalue weighted by Gasteiger charge is 2.25. The van der Waals surface area contributed by atoms with Crippen molar-refractivity contribution in [3.63, 3.8) is 0 Å². The van der Waals surface area contributed by atoms with Crippen molar-refractivity contribution in [1.82, 2.24) is 9.80 Å². The van der Waals surface area contributed by atoms with E-state index < -0.39 is 5.54 Å². The molecule has 0 fully saturated rings. The zero-order valence-corrected chi connectivity index (χ0v) is 10.2. The molecule has 0 aromatic rings. The quantitative estimate of drug-likeness (QED) is 0.659. The third kappa shape index (κ3) is 2.53. The maximum Gasteiger partial charge on any atom is 0.125 e. The molecule has 0 spiro atoms. The third-order valence-corrected chi connectivity index (χ3v) is 2.47. The first-order chi connectivity index (χ1) is 6.77. The number of rotatable bonds is 1. The van der Waals surface area contributed by atoms with Crippen molar-refractivity contribution >= 4 is 0 Å². The molecule has 0 saturated carbocycles. The molecule has 82 valence electrons. The second-order valence-corrected chi connectivity index (χ2v) is 5.25. The average molecular weight is 205 g/mol. The van der Waals surface area contributed by atoms with Crippen molar-refractivity contribution in [2.45, 2.75) is 45.7 Å². The first-order valence-corrected chi connectivity index (χ1v) is 5.12. The van der Waals surface area contributed by atoms with Crippen molar-refractivity contribution in [3.05, 3.63) is 24.8 Å². The summed E-state index contributed by atoms with van der Waals surface area (Å²) in [5.74, 6) is 0. The summed E-state index contributed by atoms with van der Waals surface area (Å²) < 4.78 is 0. The molecule has 1 aliphatic rings. The van der Waals surface area contributed by atoms with Crippen molar-refractivity contribution in [2.24, 2.45) is 0 Å². The average Bonchev–Trinajstić information content (AvgIpc) is 2.17. The molecule has 0 bridgehead atoms. The Balaban J connectivity index is 2.78. The van der Waals surface area contributed by atoms with Crippen molar-refractivity contribution in [3.8, 4) is 6.07 Å². The lowest BCUT2D eigenvalue weighted by atomic mass is 10.0. The fourth-order valence-electron chi connectivity index (χ4n) is 1.26. The van der Waals surface area contributed by atoms with E-state index in [0.717, 1.165) is 0 Å². The van der Waals surface area contributed by atoms with E-state index in [1.807, 2.05) is 43.5 Å². The molecule has 0 radical (unpaired) electrons. The molecule has 15 heavy (non-hydrogen) atoms. The fraction of sp³-hybridized carbons (Fsp3) is 0.583. The Morgan fingerprint density at radius 3 is 1.60 bits per heavy atom. The van der Waals surface area contributed by atoms with E-state index in [1.165, 1.54) is 0 Å². The highest BCUT2D eigenvalue weighted by molar-refractivity contribution is 5.14. The molecule has 1 aliphatic heterocycles. The zero-order valence-electron chi connectivity index (χ0n) is 10.2. The second-order valence-electron chi connectivity index (χ2n) is 5.25. The van der Waals surface area contributed by atoms with Crippen LogP contribution in [0.2, 0.25) is 0 Å². The summed E-state index contributed by atoms with van der Waals surface area (Å²) in [5.41, 5.74) is -0.410. The lowest BCUT2D eigenvalue weighted by Crippen LogP contribution is -2.40. The maximum absolute atomic E-state index is 9.00. The van der Waals surface area contributed by atoms with Gasteiger partial charge >= 0.3 is 0 Å². The highest BCUT2D eigenvalue weighted by Crippen LogP contribution is 2.22. The Morgan fingerprint density at radius 2 is 1.27 bits per heavy atom. The summed E-state index contributed by atoms with van der Waals surface area (Å²) in [5, 5.41) is 9.00. The van der Waals surface area contributed by atoms with Crippen LogP contribution in [-0.2, 0) is 0 Å². The van der Waals surface area contributed by atoms with Gasteiger partial charge in [-0.05, 0) is 34.6 Å². The van der Waals surface area contributed by atoms with Crippen molar-refractivity contribution in [2.75, 3.05) is 0 Å². The van der Waals surface area contributed by atoms with Gasteiger partial charge in [0.1, 0.15) is 5.54 Å². The highest BCUT2D eigenvalue weighted by atomic mass is 15.2. The molecule has 0 amide bonds. The van der Waals surface area contributed by atoms with Crippen molar-refractivity contribution < 1.29 is 0 Å². The number of hydrogen-bond acceptors (Lipinski definition) is 3. The van der Waals surface area contributed by atoms with Gasteiger partial charge in [0.2, 0.25) is 0 Å². The van der Waals surface area contributed by atoms with Crippen LogP contribution >= 0.6 is 0 Å². The molecule has 0 aromatic heterocycles. The van der Waals surface area contributed by atoms with Crippen LogP contribution in [0.1, 0.15) is 34.6 Å². The monoisotopic (exact) mass is 205 g/mol. The van der Waals surface area contributed by atoms with E-state index in [9.17, 15) is 0 Å². The topological polar surface area (TPSA) is 30.3 Å². The van der Waals surface area contributed by atoms with Gasteiger partial charge in [-0.2, -0.15) is 5.26 Å². The minimum absolute atomic E-state index is 0.0792. The summed E-state index contributed by atoms with van der Waals surface area (Å²) in [6.07, 6.45) is 7.88. The standard InChI is InChI=1S/C12H19N3/c1-11(2,3)14-6-8-15(9-7-14)12(4,5)10-13/h6-9H,1-5H3. The van der Waals surface area contributed by atoms with Gasteiger partial charge in [-0.15, -0.1) is 0 Å². The number of nitrogens with zero attached hydrogens (tertiary/aromatic N) is 3. The van der Waals surface area contributed by atoms with Gasteiger partial charge in [-0.3, -0.25) is 0 Å². The van der Waals surface area contributed by atoms with Crippen LogP contribution in [0.5, 0.6) is 0 Å². The van der Waals surface area contributed by atoms with Gasteiger partial charge in [0.25, 0.3) is 0 Å². The smallest absolute Gasteiger partial charge is 0.125 e. The summed E-state index contributed by atoms with van der Waals surface area (Å²) in [7, 11) is 0. The van der Waals surface area contributed by atoms with Crippen LogP contribution in [0.25, 0.3) is 0 Å². The Labute approximate surface area is 92.3 Å². The summed E-state index contributed by atoms with van der Waals surface area (Å²) in [4.78, 5) is 4.03. The van der Waals surface area contributed by atoms with E-state index in [-0.39, 0.29) is 5.54 Å². The molecule has 0 N–H and O–H groups in total. The van der Waals surface area contributed by atoms with Gasteiger partial charge < -0.3 is 9.80 Å². The maximum atomic E-state index is 9.00. The Bertz CT molecular complexity index is 312. The van der Waals surface area contributed by atoms with E-state index in [4.69, 9.17) is 5.26 Å². The lowest BCUT2D eigenvalue weighted by molar-refractivity contribution is 0.242. The van der Waals surface area contributed by atoms with Gasteiger partial charge in [-0.1, -0.05) is 0 Å². The zero-order chi connectivity index (χ0) is 11.7. The van der Waals surface area contributed by atoms with E-state index in [1.54, 1.807) is 0 Å². The third-order valence-electron chi connectivity index (χ3n) is 2.47. The minimum atomic E-state index is -0.489. The largest absolute Gasteiger partial charge is 0.346 e. The van der Waals surface area contributed by atoms with E-state index in [0.29, 0.717) is 0 Å². The predicted molar refractivity (Wildman–Crippen MR) is 61.4 cm³/mol. The minimum Gasteiger partial charge on any atom is -0.346 e. The molecule has 0 saturated heterocycles. The van der Waals surface area contributed by atoms with Crippen LogP contribution in [-0.4, -0.2) is 20.9 Å². The van der Waals surface area contributed by atoms with Crippen LogP contribution in [0.15, 0.2) is 24.8 Å². The number of nitriles is 1. The van der Waals surface area contributed by atoms with Crippen molar-refractivity contribution in [1.29, 1.82) is 5.26 Å². The first kappa shape index (κ1) is 11.6. The first-order valence-electron chi connectivity index (χ1n) is 5.12. The molecule has 0 unspecified atom stereocenters. The van der Waals surface area contributed by atoms with Gasteiger partial charge in [0.05, 0.1) is 6.07 Å². The fourth-order valence-corrected chi connectivity index (χ4v) is 1.26. The van der Waals surface area contributed by atoms with Gasteiger partial charge in [-0.25, -0.2) is 0 Å². The summed E-state index contributed by atoms with van der Waals surface area (Å²) in [6.45, 7) is 10.2. The van der Waals surface area contributed by atoms with E-state index >= 15 is 0 Å². The molecular formula is C12H19N3. The molecule has 0 aromatic carbocycles. The number of hydrogen-bond donors (Lipinski definition) is 0. The molecule has 1 heterocycles. The SMILES string of the molecule is CC(C)(C)N1C=CN(C(C)(C)C#N)C=C1. The molecule has 3 heteroatoms. The predicted octanol–water partition coefficient (Wildman–Crippen LogP) is 2.65. The molecule has 3 nitrogen and oxygen atoms in total. The lowest BCUT2D eigenvalue weighted by Gasteiger charge is -2.38. The molecule has 0 aliphatic carbocycles. The van der Waals surface area contributed by atoms with Crippen LogP contribution in [0, 0.1) is 11.3 Å². The normalized spacial score (nSPS) is 16.8. The second kappa shape index (κ2) is 3.62. The Morgan fingerprint density at radius 1 is 0.867 bits per heavy atom. The Hall–Kier alpha value is -1.43. The van der Waals surface area contributed by atoms with Gasteiger partial charge in [0, 0.05) is 30.3 Å². The van der Waals surface area contributed by atoms with Crippen LogP contribution in [0.3, 0.4) is 0 Å². The molecule has 0 atom stereocenters. The summed E-state index contributed by atoms with van der Waals surface area (Å²) in [6, 6.07) is 2.27. The van der Waals surface area contributed by atoms with Crippen LogP contribution < -0.4 is 0 Å². The Kier molecular flexibility index (Phi) is 2.81. The van der Waals surface area contributed by atoms with Crippen LogP contribution in [0.4, 0.5) is 0 Å². The van der Waals surface area contributed by atoms with Gasteiger partial charge in [0.15, 0.2) is 0 Å². The molecular weight excluding hydrogens is 186 g/mol.